The lowest BCUT2D eigenvalue weighted by Crippen LogP contribution is -2.02. The summed E-state index contributed by atoms with van der Waals surface area (Å²) in [6.45, 7) is 2.57. The number of aryl methyl sites for hydroxylation is 1. The topological polar surface area (TPSA) is 55.6 Å². The van der Waals surface area contributed by atoms with Gasteiger partial charge in [-0.25, -0.2) is 0 Å². The molecule has 0 aliphatic rings. The lowest BCUT2D eigenvalue weighted by Gasteiger charge is -2.09. The molecule has 0 aliphatic carbocycles. The Morgan fingerprint density at radius 2 is 2.00 bits per heavy atom. The van der Waals surface area contributed by atoms with Crippen LogP contribution in [0.5, 0.6) is 0 Å². The van der Waals surface area contributed by atoms with E-state index in [0.717, 1.165) is 27.8 Å². The number of hydrogen-bond donors (Lipinski definition) is 1. The van der Waals surface area contributed by atoms with E-state index in [1.807, 2.05) is 55.5 Å². The Balaban J connectivity index is 1.76. The molecule has 5 nitrogen and oxygen atoms in total. The maximum absolute atomic E-state index is 5.98. The number of nitrogens with one attached hydrogen (secondary N) is 1. The van der Waals surface area contributed by atoms with Crippen molar-refractivity contribution in [3.63, 3.8) is 0 Å². The van der Waals surface area contributed by atoms with Gasteiger partial charge in [0.15, 0.2) is 5.82 Å². The molecule has 2 aromatic carbocycles. The summed E-state index contributed by atoms with van der Waals surface area (Å²) in [5.41, 5.74) is 3.06. The van der Waals surface area contributed by atoms with E-state index in [9.17, 15) is 0 Å². The Bertz CT molecular complexity index is 753. The smallest absolute Gasteiger partial charge is 0.153 e. The third kappa shape index (κ3) is 3.20. The zero-order valence-corrected chi connectivity index (χ0v) is 12.2. The summed E-state index contributed by atoms with van der Waals surface area (Å²) in [6.07, 6.45) is 0. The van der Waals surface area contributed by atoms with E-state index in [1.165, 1.54) is 0 Å². The van der Waals surface area contributed by atoms with E-state index < -0.39 is 0 Å². The summed E-state index contributed by atoms with van der Waals surface area (Å²) < 4.78 is 1.70. The molecule has 3 rings (SSSR count). The fourth-order valence-corrected chi connectivity index (χ4v) is 2.28. The zero-order valence-electron chi connectivity index (χ0n) is 11.5. The fourth-order valence-electron chi connectivity index (χ4n) is 2.07. The first-order valence-corrected chi connectivity index (χ1v) is 6.94. The molecule has 0 saturated carbocycles. The van der Waals surface area contributed by atoms with E-state index >= 15 is 0 Å². The molecule has 6 heteroatoms. The predicted octanol–water partition coefficient (Wildman–Crippen LogP) is 3.24. The average molecular weight is 300 g/mol. The van der Waals surface area contributed by atoms with Crippen LogP contribution in [-0.4, -0.2) is 20.2 Å². The molecule has 0 aliphatic heterocycles. The zero-order chi connectivity index (χ0) is 14.7. The van der Waals surface area contributed by atoms with Crippen molar-refractivity contribution in [1.82, 2.24) is 20.2 Å². The molecule has 3 aromatic rings. The predicted molar refractivity (Wildman–Crippen MR) is 82.7 cm³/mol. The van der Waals surface area contributed by atoms with Crippen molar-refractivity contribution >= 4 is 17.3 Å². The van der Waals surface area contributed by atoms with Gasteiger partial charge in [-0.2, -0.15) is 4.68 Å². The van der Waals surface area contributed by atoms with Crippen LogP contribution in [0.2, 0.25) is 5.02 Å². The van der Waals surface area contributed by atoms with Crippen molar-refractivity contribution in [2.45, 2.75) is 13.5 Å². The molecule has 0 radical (unpaired) electrons. The Morgan fingerprint density at radius 1 is 1.14 bits per heavy atom. The Labute approximate surface area is 127 Å². The molecule has 1 N–H and O–H groups in total. The molecule has 21 heavy (non-hydrogen) atoms. The van der Waals surface area contributed by atoms with Crippen molar-refractivity contribution in [3.05, 3.63) is 64.9 Å². The third-order valence-electron chi connectivity index (χ3n) is 3.10. The molecule has 1 heterocycles. The van der Waals surface area contributed by atoms with Gasteiger partial charge in [0.1, 0.15) is 0 Å². The van der Waals surface area contributed by atoms with Gasteiger partial charge in [0.2, 0.25) is 0 Å². The highest BCUT2D eigenvalue weighted by Crippen LogP contribution is 2.16. The lowest BCUT2D eigenvalue weighted by molar-refractivity contribution is 0.779. The summed E-state index contributed by atoms with van der Waals surface area (Å²) in [7, 11) is 0. The van der Waals surface area contributed by atoms with Gasteiger partial charge in [0.05, 0.1) is 5.69 Å². The van der Waals surface area contributed by atoms with Gasteiger partial charge < -0.3 is 5.32 Å². The Kier molecular flexibility index (Phi) is 3.83. The standard InChI is InChI=1S/C15H14ClN5/c1-11-18-19-20-21(11)15-7-3-6-14(9-15)17-10-12-4-2-5-13(16)8-12/h2-9,17H,10H2,1H3. The number of nitrogens with zero attached hydrogens (tertiary/aromatic N) is 4. The highest BCUT2D eigenvalue weighted by atomic mass is 35.5. The largest absolute Gasteiger partial charge is 0.381 e. The van der Waals surface area contributed by atoms with Gasteiger partial charge in [-0.05, 0) is 53.2 Å². The van der Waals surface area contributed by atoms with E-state index in [4.69, 9.17) is 11.6 Å². The van der Waals surface area contributed by atoms with Crippen LogP contribution < -0.4 is 5.32 Å². The number of halogens is 1. The maximum atomic E-state index is 5.98. The second-order valence-electron chi connectivity index (χ2n) is 4.67. The molecule has 0 bridgehead atoms. The molecule has 0 amide bonds. The molecular formula is C15H14ClN5. The second-order valence-corrected chi connectivity index (χ2v) is 5.11. The fraction of sp³-hybridized carbons (Fsp3) is 0.133. The van der Waals surface area contributed by atoms with Gasteiger partial charge in [-0.3, -0.25) is 0 Å². The van der Waals surface area contributed by atoms with Crippen molar-refractivity contribution in [2.24, 2.45) is 0 Å². The van der Waals surface area contributed by atoms with Gasteiger partial charge >= 0.3 is 0 Å². The highest BCUT2D eigenvalue weighted by Gasteiger charge is 2.04. The Hall–Kier alpha value is -2.40. The van der Waals surface area contributed by atoms with Crippen LogP contribution in [0.4, 0.5) is 5.69 Å². The van der Waals surface area contributed by atoms with Crippen molar-refractivity contribution < 1.29 is 0 Å². The minimum absolute atomic E-state index is 0.707. The SMILES string of the molecule is Cc1nnnn1-c1cccc(NCc2cccc(Cl)c2)c1. The molecule has 0 atom stereocenters. The Morgan fingerprint density at radius 3 is 2.76 bits per heavy atom. The van der Waals surface area contributed by atoms with Crippen LogP contribution in [0.1, 0.15) is 11.4 Å². The third-order valence-corrected chi connectivity index (χ3v) is 3.34. The number of rotatable bonds is 4. The van der Waals surface area contributed by atoms with Crippen LogP contribution >= 0.6 is 11.6 Å². The normalized spacial score (nSPS) is 10.6. The molecule has 0 spiro atoms. The summed E-state index contributed by atoms with van der Waals surface area (Å²) in [5, 5.41) is 15.6. The minimum Gasteiger partial charge on any atom is -0.381 e. The van der Waals surface area contributed by atoms with E-state index in [2.05, 4.69) is 20.8 Å². The van der Waals surface area contributed by atoms with Crippen LogP contribution in [0.15, 0.2) is 48.5 Å². The summed E-state index contributed by atoms with van der Waals surface area (Å²) in [6, 6.07) is 15.7. The van der Waals surface area contributed by atoms with Gasteiger partial charge in [-0.15, -0.1) is 5.10 Å². The van der Waals surface area contributed by atoms with Gasteiger partial charge in [0, 0.05) is 17.3 Å². The first-order chi connectivity index (χ1) is 10.2. The van der Waals surface area contributed by atoms with Crippen LogP contribution in [-0.2, 0) is 6.54 Å². The minimum atomic E-state index is 0.707. The monoisotopic (exact) mass is 299 g/mol. The van der Waals surface area contributed by atoms with Crippen LogP contribution in [0.3, 0.4) is 0 Å². The van der Waals surface area contributed by atoms with Crippen molar-refractivity contribution in [3.8, 4) is 5.69 Å². The molecular weight excluding hydrogens is 286 g/mol. The second kappa shape index (κ2) is 5.93. The average Bonchev–Trinajstić information content (AvgIpc) is 2.92. The van der Waals surface area contributed by atoms with Crippen LogP contribution in [0, 0.1) is 6.92 Å². The van der Waals surface area contributed by atoms with Crippen molar-refractivity contribution in [2.75, 3.05) is 5.32 Å². The first kappa shape index (κ1) is 13.6. The van der Waals surface area contributed by atoms with Gasteiger partial charge in [-0.1, -0.05) is 29.8 Å². The number of hydrogen-bond acceptors (Lipinski definition) is 4. The van der Waals surface area contributed by atoms with E-state index in [1.54, 1.807) is 4.68 Å². The van der Waals surface area contributed by atoms with E-state index in [-0.39, 0.29) is 0 Å². The quantitative estimate of drug-likeness (QED) is 0.803. The number of aromatic nitrogens is 4. The molecule has 0 unspecified atom stereocenters. The maximum Gasteiger partial charge on any atom is 0.153 e. The molecule has 106 valence electrons. The highest BCUT2D eigenvalue weighted by molar-refractivity contribution is 6.30. The van der Waals surface area contributed by atoms with Crippen molar-refractivity contribution in [1.29, 1.82) is 0 Å². The summed E-state index contributed by atoms with van der Waals surface area (Å²) >= 11 is 5.98. The molecule has 0 saturated heterocycles. The van der Waals surface area contributed by atoms with E-state index in [0.29, 0.717) is 6.54 Å². The number of anilines is 1. The summed E-state index contributed by atoms with van der Waals surface area (Å²) in [4.78, 5) is 0. The molecule has 1 aromatic heterocycles. The van der Waals surface area contributed by atoms with Gasteiger partial charge in [0.25, 0.3) is 0 Å². The number of benzene rings is 2. The molecule has 0 fully saturated rings. The first-order valence-electron chi connectivity index (χ1n) is 6.56. The lowest BCUT2D eigenvalue weighted by atomic mass is 10.2. The summed E-state index contributed by atoms with van der Waals surface area (Å²) in [5.74, 6) is 0.752. The van der Waals surface area contributed by atoms with Crippen LogP contribution in [0.25, 0.3) is 5.69 Å². The number of tetrazole rings is 1.